The van der Waals surface area contributed by atoms with Crippen LogP contribution in [-0.4, -0.2) is 15.5 Å². The van der Waals surface area contributed by atoms with Gasteiger partial charge < -0.3 is 15.6 Å². The van der Waals surface area contributed by atoms with Crippen molar-refractivity contribution in [3.8, 4) is 0 Å². The van der Waals surface area contributed by atoms with E-state index in [0.29, 0.717) is 23.5 Å². The Morgan fingerprint density at radius 3 is 2.50 bits per heavy atom. The van der Waals surface area contributed by atoms with Gasteiger partial charge in [-0.25, -0.2) is 4.98 Å². The molecule has 3 aromatic carbocycles. The number of hydrogen-bond donors (Lipinski definition) is 2. The van der Waals surface area contributed by atoms with Gasteiger partial charge in [0.1, 0.15) is 0 Å². The number of imidazole rings is 1. The van der Waals surface area contributed by atoms with Gasteiger partial charge in [-0.15, -0.1) is 0 Å². The van der Waals surface area contributed by atoms with Crippen LogP contribution in [0.25, 0.3) is 11.0 Å². The minimum absolute atomic E-state index is 0.178. The van der Waals surface area contributed by atoms with E-state index in [2.05, 4.69) is 20.9 Å². The summed E-state index contributed by atoms with van der Waals surface area (Å²) in [7, 11) is 0. The Labute approximate surface area is 151 Å². The number of benzene rings is 3. The maximum Gasteiger partial charge on any atom is 0.255 e. The highest BCUT2D eigenvalue weighted by molar-refractivity contribution is 6.05. The summed E-state index contributed by atoms with van der Waals surface area (Å²) in [4.78, 5) is 16.8. The molecule has 0 unspecified atom stereocenters. The largest absolute Gasteiger partial charge is 0.397 e. The van der Waals surface area contributed by atoms with Crippen LogP contribution in [0, 0.1) is 0 Å². The molecule has 0 fully saturated rings. The molecule has 0 atom stereocenters. The Morgan fingerprint density at radius 1 is 0.962 bits per heavy atom. The molecule has 0 radical (unpaired) electrons. The number of carbonyl (C=O) groups is 1. The highest BCUT2D eigenvalue weighted by atomic mass is 16.1. The molecule has 0 spiro atoms. The Morgan fingerprint density at radius 2 is 1.69 bits per heavy atom. The Balaban J connectivity index is 1.50. The van der Waals surface area contributed by atoms with Crippen LogP contribution in [0.4, 0.5) is 11.4 Å². The van der Waals surface area contributed by atoms with Gasteiger partial charge in [-0.3, -0.25) is 4.79 Å². The molecule has 4 aromatic rings. The smallest absolute Gasteiger partial charge is 0.255 e. The summed E-state index contributed by atoms with van der Waals surface area (Å²) in [5.74, 6) is -0.178. The maximum absolute atomic E-state index is 12.4. The molecule has 26 heavy (non-hydrogen) atoms. The Hall–Kier alpha value is -3.60. The Bertz CT molecular complexity index is 1070. The van der Waals surface area contributed by atoms with Gasteiger partial charge in [0.2, 0.25) is 0 Å². The highest BCUT2D eigenvalue weighted by Crippen LogP contribution is 2.18. The fourth-order valence-electron chi connectivity index (χ4n) is 2.90. The van der Waals surface area contributed by atoms with E-state index < -0.39 is 0 Å². The lowest BCUT2D eigenvalue weighted by Crippen LogP contribution is -2.13. The van der Waals surface area contributed by atoms with Crippen LogP contribution in [-0.2, 0) is 6.54 Å². The third-order valence-electron chi connectivity index (χ3n) is 4.31. The fourth-order valence-corrected chi connectivity index (χ4v) is 2.90. The first-order valence-electron chi connectivity index (χ1n) is 8.35. The lowest BCUT2D eigenvalue weighted by atomic mass is 10.1. The van der Waals surface area contributed by atoms with Gasteiger partial charge in [0.05, 0.1) is 28.7 Å². The highest BCUT2D eigenvalue weighted by Gasteiger charge is 2.08. The second kappa shape index (κ2) is 6.72. The van der Waals surface area contributed by atoms with Crippen LogP contribution < -0.4 is 11.1 Å². The van der Waals surface area contributed by atoms with Gasteiger partial charge >= 0.3 is 0 Å². The molecule has 0 saturated heterocycles. The number of aromatic nitrogens is 2. The van der Waals surface area contributed by atoms with Crippen molar-refractivity contribution in [2.45, 2.75) is 6.54 Å². The van der Waals surface area contributed by atoms with Crippen molar-refractivity contribution in [3.05, 3.63) is 90.3 Å². The van der Waals surface area contributed by atoms with Gasteiger partial charge in [0, 0.05) is 12.1 Å². The van der Waals surface area contributed by atoms with Crippen LogP contribution in [0.1, 0.15) is 15.9 Å². The van der Waals surface area contributed by atoms with Crippen molar-refractivity contribution >= 4 is 28.3 Å². The van der Waals surface area contributed by atoms with Crippen LogP contribution in [0.2, 0.25) is 0 Å². The molecular weight excluding hydrogens is 324 g/mol. The number of fused-ring (bicyclic) bond motifs is 1. The molecule has 1 aromatic heterocycles. The van der Waals surface area contributed by atoms with E-state index in [4.69, 9.17) is 5.73 Å². The molecule has 5 nitrogen and oxygen atoms in total. The zero-order chi connectivity index (χ0) is 17.9. The minimum atomic E-state index is -0.178. The number of nitrogens with two attached hydrogens (primary N) is 1. The maximum atomic E-state index is 12.4. The summed E-state index contributed by atoms with van der Waals surface area (Å²) in [5.41, 5.74) is 10.8. The van der Waals surface area contributed by atoms with Crippen molar-refractivity contribution in [1.29, 1.82) is 0 Å². The number of para-hydroxylation sites is 4. The molecule has 1 heterocycles. The molecular formula is C21H18N4O. The summed E-state index contributed by atoms with van der Waals surface area (Å²) in [5, 5.41) is 2.84. The predicted octanol–water partition coefficient (Wildman–Crippen LogP) is 3.92. The molecule has 128 valence electrons. The van der Waals surface area contributed by atoms with Gasteiger partial charge in [-0.2, -0.15) is 0 Å². The SMILES string of the molecule is Nc1ccccc1NC(=O)c1ccc(Cn2cnc3ccccc32)cc1. The molecule has 0 aliphatic rings. The molecule has 3 N–H and O–H groups in total. The molecule has 1 amide bonds. The second-order valence-corrected chi connectivity index (χ2v) is 6.10. The number of amides is 1. The van der Waals surface area contributed by atoms with E-state index >= 15 is 0 Å². The van der Waals surface area contributed by atoms with Crippen LogP contribution in [0.5, 0.6) is 0 Å². The van der Waals surface area contributed by atoms with Crippen molar-refractivity contribution in [2.24, 2.45) is 0 Å². The monoisotopic (exact) mass is 342 g/mol. The number of nitrogen functional groups attached to an aromatic ring is 1. The van der Waals surface area contributed by atoms with Crippen LogP contribution in [0.3, 0.4) is 0 Å². The molecule has 4 rings (SSSR count). The van der Waals surface area contributed by atoms with Crippen LogP contribution >= 0.6 is 0 Å². The molecule has 0 aliphatic heterocycles. The number of rotatable bonds is 4. The number of anilines is 2. The van der Waals surface area contributed by atoms with Gasteiger partial charge in [0.15, 0.2) is 0 Å². The third-order valence-corrected chi connectivity index (χ3v) is 4.31. The normalized spacial score (nSPS) is 10.8. The predicted molar refractivity (Wildman–Crippen MR) is 104 cm³/mol. The van der Waals surface area contributed by atoms with E-state index in [-0.39, 0.29) is 5.91 Å². The summed E-state index contributed by atoms with van der Waals surface area (Å²) in [6.07, 6.45) is 1.84. The van der Waals surface area contributed by atoms with E-state index in [1.165, 1.54) is 0 Å². The molecule has 5 heteroatoms. The summed E-state index contributed by atoms with van der Waals surface area (Å²) < 4.78 is 2.09. The number of nitrogens with zero attached hydrogens (tertiary/aromatic N) is 2. The van der Waals surface area contributed by atoms with Gasteiger partial charge in [-0.05, 0) is 42.0 Å². The summed E-state index contributed by atoms with van der Waals surface area (Å²) >= 11 is 0. The molecule has 0 saturated carbocycles. The fraction of sp³-hybridized carbons (Fsp3) is 0.0476. The van der Waals surface area contributed by atoms with Crippen LogP contribution in [0.15, 0.2) is 79.1 Å². The minimum Gasteiger partial charge on any atom is -0.397 e. The quantitative estimate of drug-likeness (QED) is 0.552. The van der Waals surface area contributed by atoms with Crippen molar-refractivity contribution < 1.29 is 4.79 Å². The Kier molecular flexibility index (Phi) is 4.11. The topological polar surface area (TPSA) is 72.9 Å². The zero-order valence-corrected chi connectivity index (χ0v) is 14.1. The van der Waals surface area contributed by atoms with E-state index in [1.54, 1.807) is 12.1 Å². The molecule has 0 bridgehead atoms. The first-order chi connectivity index (χ1) is 12.7. The number of hydrogen-bond acceptors (Lipinski definition) is 3. The van der Waals surface area contributed by atoms with Gasteiger partial charge in [-0.1, -0.05) is 36.4 Å². The zero-order valence-electron chi connectivity index (χ0n) is 14.1. The summed E-state index contributed by atoms with van der Waals surface area (Å²) in [6.45, 7) is 0.702. The van der Waals surface area contributed by atoms with Crippen molar-refractivity contribution in [1.82, 2.24) is 9.55 Å². The summed E-state index contributed by atoms with van der Waals surface area (Å²) in [6, 6.07) is 22.8. The van der Waals surface area contributed by atoms with E-state index in [9.17, 15) is 4.79 Å². The average Bonchev–Trinajstić information content (AvgIpc) is 3.07. The number of nitrogens with one attached hydrogen (secondary N) is 1. The van der Waals surface area contributed by atoms with Crippen molar-refractivity contribution in [3.63, 3.8) is 0 Å². The lowest BCUT2D eigenvalue weighted by molar-refractivity contribution is 0.102. The first kappa shape index (κ1) is 15.9. The number of carbonyl (C=O) groups excluding carboxylic acids is 1. The first-order valence-corrected chi connectivity index (χ1v) is 8.35. The van der Waals surface area contributed by atoms with E-state index in [0.717, 1.165) is 16.6 Å². The van der Waals surface area contributed by atoms with Gasteiger partial charge in [0.25, 0.3) is 5.91 Å². The third kappa shape index (κ3) is 3.15. The lowest BCUT2D eigenvalue weighted by Gasteiger charge is -2.09. The average molecular weight is 342 g/mol. The standard InChI is InChI=1S/C21H18N4O/c22-17-5-1-2-6-18(17)24-21(26)16-11-9-15(10-12-16)13-25-14-23-19-7-3-4-8-20(19)25/h1-12,14H,13,22H2,(H,24,26). The second-order valence-electron chi connectivity index (χ2n) is 6.10. The van der Waals surface area contributed by atoms with E-state index in [1.807, 2.05) is 60.9 Å². The van der Waals surface area contributed by atoms with Crippen molar-refractivity contribution in [2.75, 3.05) is 11.1 Å². The molecule has 0 aliphatic carbocycles.